The molecule has 29 heavy (non-hydrogen) atoms. The Labute approximate surface area is 173 Å². The fraction of sp³-hybridized carbons (Fsp3) is 0.318. The van der Waals surface area contributed by atoms with Gasteiger partial charge in [-0.3, -0.25) is 4.68 Å². The Morgan fingerprint density at radius 2 is 2.10 bits per heavy atom. The van der Waals surface area contributed by atoms with Crippen LogP contribution in [0.25, 0.3) is 0 Å². The van der Waals surface area contributed by atoms with E-state index in [0.717, 1.165) is 18.7 Å². The Kier molecular flexibility index (Phi) is 5.80. The van der Waals surface area contributed by atoms with Crippen LogP contribution in [-0.2, 0) is 36.5 Å². The molecule has 0 amide bonds. The lowest BCUT2D eigenvalue weighted by molar-refractivity contribution is 0.322. The standard InChI is InChI=1S/C22H26N4O2S/c1-22(13-17-6-4-3-5-7-17)21-12-19(9-8-18(21)14-23-22)28-11-10-25-29(27)20-15-24-26(2)16-20/h3-9,12,15-16,23,25H,10-11,13-14H2,1-2H3. The average Bonchev–Trinajstić information content (AvgIpc) is 3.30. The van der Waals surface area contributed by atoms with E-state index in [1.54, 1.807) is 24.1 Å². The molecule has 0 bridgehead atoms. The molecule has 2 aromatic carbocycles. The van der Waals surface area contributed by atoms with E-state index < -0.39 is 11.0 Å². The summed E-state index contributed by atoms with van der Waals surface area (Å²) in [5, 5.41) is 7.70. The summed E-state index contributed by atoms with van der Waals surface area (Å²) < 4.78 is 22.7. The maximum absolute atomic E-state index is 12.2. The summed E-state index contributed by atoms with van der Waals surface area (Å²) in [6.45, 7) is 4.03. The van der Waals surface area contributed by atoms with Gasteiger partial charge in [-0.05, 0) is 42.2 Å². The number of nitrogens with zero attached hydrogens (tertiary/aromatic N) is 2. The molecule has 0 saturated heterocycles. The fourth-order valence-electron chi connectivity index (χ4n) is 3.74. The fourth-order valence-corrected chi connectivity index (χ4v) is 4.57. The molecule has 1 aliphatic heterocycles. The van der Waals surface area contributed by atoms with Crippen molar-refractivity contribution < 1.29 is 8.95 Å². The van der Waals surface area contributed by atoms with Crippen molar-refractivity contribution in [3.05, 3.63) is 77.6 Å². The first-order chi connectivity index (χ1) is 14.0. The Morgan fingerprint density at radius 1 is 1.28 bits per heavy atom. The molecule has 6 nitrogen and oxygen atoms in total. The van der Waals surface area contributed by atoms with Crippen molar-refractivity contribution in [3.63, 3.8) is 0 Å². The number of rotatable bonds is 8. The Morgan fingerprint density at radius 3 is 2.86 bits per heavy atom. The van der Waals surface area contributed by atoms with E-state index in [9.17, 15) is 4.21 Å². The van der Waals surface area contributed by atoms with Crippen molar-refractivity contribution in [2.45, 2.75) is 30.3 Å². The average molecular weight is 411 g/mol. The van der Waals surface area contributed by atoms with Crippen LogP contribution >= 0.6 is 0 Å². The highest BCUT2D eigenvalue weighted by atomic mass is 32.2. The molecule has 3 aromatic rings. The molecule has 2 unspecified atom stereocenters. The van der Waals surface area contributed by atoms with E-state index in [1.165, 1.54) is 16.7 Å². The van der Waals surface area contributed by atoms with E-state index >= 15 is 0 Å². The summed E-state index contributed by atoms with van der Waals surface area (Å²) in [6, 6.07) is 16.8. The van der Waals surface area contributed by atoms with Crippen molar-refractivity contribution in [1.82, 2.24) is 19.8 Å². The summed E-state index contributed by atoms with van der Waals surface area (Å²) in [4.78, 5) is 0.660. The van der Waals surface area contributed by atoms with Crippen LogP contribution in [0.1, 0.15) is 23.6 Å². The minimum Gasteiger partial charge on any atom is -0.492 e. The van der Waals surface area contributed by atoms with Gasteiger partial charge in [0.25, 0.3) is 0 Å². The minimum atomic E-state index is -1.28. The lowest BCUT2D eigenvalue weighted by atomic mass is 9.86. The van der Waals surface area contributed by atoms with Crippen LogP contribution in [-0.4, -0.2) is 27.1 Å². The van der Waals surface area contributed by atoms with Crippen LogP contribution in [0.3, 0.4) is 0 Å². The van der Waals surface area contributed by atoms with E-state index in [0.29, 0.717) is 18.0 Å². The molecule has 1 aromatic heterocycles. The molecule has 0 fully saturated rings. The second kappa shape index (κ2) is 8.49. The van der Waals surface area contributed by atoms with Crippen LogP contribution in [0, 0.1) is 0 Å². The third-order valence-electron chi connectivity index (χ3n) is 5.24. The van der Waals surface area contributed by atoms with Gasteiger partial charge in [-0.25, -0.2) is 8.93 Å². The number of fused-ring (bicyclic) bond motifs is 1. The van der Waals surface area contributed by atoms with Gasteiger partial charge in [-0.1, -0.05) is 36.4 Å². The predicted octanol–water partition coefficient (Wildman–Crippen LogP) is 2.67. The van der Waals surface area contributed by atoms with E-state index in [1.807, 2.05) is 12.1 Å². The van der Waals surface area contributed by atoms with Crippen LogP contribution in [0.4, 0.5) is 0 Å². The molecular weight excluding hydrogens is 384 g/mol. The zero-order valence-electron chi connectivity index (χ0n) is 16.7. The monoisotopic (exact) mass is 410 g/mol. The van der Waals surface area contributed by atoms with Crippen molar-refractivity contribution in [2.75, 3.05) is 13.2 Å². The molecule has 1 aliphatic rings. The first-order valence-corrected chi connectivity index (χ1v) is 10.9. The van der Waals surface area contributed by atoms with Gasteiger partial charge in [0.2, 0.25) is 0 Å². The van der Waals surface area contributed by atoms with Gasteiger partial charge in [-0.15, -0.1) is 0 Å². The highest BCUT2D eigenvalue weighted by molar-refractivity contribution is 7.83. The Balaban J connectivity index is 1.36. The third-order valence-corrected chi connectivity index (χ3v) is 6.35. The van der Waals surface area contributed by atoms with Crippen LogP contribution in [0.2, 0.25) is 0 Å². The van der Waals surface area contributed by atoms with E-state index in [2.05, 4.69) is 58.5 Å². The maximum atomic E-state index is 12.2. The van der Waals surface area contributed by atoms with Crippen LogP contribution in [0.5, 0.6) is 5.75 Å². The normalized spacial score (nSPS) is 19.1. The summed E-state index contributed by atoms with van der Waals surface area (Å²) in [5.74, 6) is 0.834. The Bertz CT molecular complexity index is 1010. The second-order valence-corrected chi connectivity index (χ2v) is 8.83. The number of nitrogens with one attached hydrogen (secondary N) is 2. The zero-order chi connectivity index (χ0) is 20.3. The van der Waals surface area contributed by atoms with Gasteiger partial charge in [-0.2, -0.15) is 5.10 Å². The molecular formula is C22H26N4O2S. The van der Waals surface area contributed by atoms with Gasteiger partial charge >= 0.3 is 0 Å². The van der Waals surface area contributed by atoms with Crippen molar-refractivity contribution in [3.8, 4) is 5.75 Å². The quantitative estimate of drug-likeness (QED) is 0.561. The molecule has 0 spiro atoms. The van der Waals surface area contributed by atoms with Crippen molar-refractivity contribution in [1.29, 1.82) is 0 Å². The summed E-state index contributed by atoms with van der Waals surface area (Å²) in [6.07, 6.45) is 4.27. The molecule has 4 rings (SSSR count). The van der Waals surface area contributed by atoms with E-state index in [-0.39, 0.29) is 5.54 Å². The van der Waals surface area contributed by atoms with Crippen molar-refractivity contribution in [2.24, 2.45) is 7.05 Å². The smallest absolute Gasteiger partial charge is 0.128 e. The molecule has 0 saturated carbocycles. The number of benzene rings is 2. The zero-order valence-corrected chi connectivity index (χ0v) is 17.5. The van der Waals surface area contributed by atoms with Gasteiger partial charge in [0.15, 0.2) is 0 Å². The van der Waals surface area contributed by atoms with Crippen molar-refractivity contribution >= 4 is 11.0 Å². The van der Waals surface area contributed by atoms with Gasteiger partial charge in [0, 0.05) is 31.9 Å². The highest BCUT2D eigenvalue weighted by Gasteiger charge is 2.34. The number of hydrogen-bond donors (Lipinski definition) is 2. The lowest BCUT2D eigenvalue weighted by Crippen LogP contribution is -2.35. The van der Waals surface area contributed by atoms with Gasteiger partial charge in [0.1, 0.15) is 23.3 Å². The van der Waals surface area contributed by atoms with Gasteiger partial charge < -0.3 is 10.1 Å². The molecule has 0 radical (unpaired) electrons. The first-order valence-electron chi connectivity index (χ1n) is 9.73. The highest BCUT2D eigenvalue weighted by Crippen LogP contribution is 2.36. The molecule has 2 heterocycles. The largest absolute Gasteiger partial charge is 0.492 e. The summed E-state index contributed by atoms with van der Waals surface area (Å²) >= 11 is 0. The lowest BCUT2D eigenvalue weighted by Gasteiger charge is -2.26. The SMILES string of the molecule is Cn1cc(S(=O)NCCOc2ccc3c(c2)C(C)(Cc2ccccc2)NC3)cn1. The van der Waals surface area contributed by atoms with Crippen LogP contribution < -0.4 is 14.8 Å². The topological polar surface area (TPSA) is 68.2 Å². The summed E-state index contributed by atoms with van der Waals surface area (Å²) in [5.41, 5.74) is 3.79. The Hall–Kier alpha value is -2.48. The summed E-state index contributed by atoms with van der Waals surface area (Å²) in [7, 11) is 0.525. The predicted molar refractivity (Wildman–Crippen MR) is 114 cm³/mol. The number of aromatic nitrogens is 2. The second-order valence-electron chi connectivity index (χ2n) is 7.53. The molecule has 2 N–H and O–H groups in total. The number of hydrogen-bond acceptors (Lipinski definition) is 4. The maximum Gasteiger partial charge on any atom is 0.128 e. The molecule has 2 atom stereocenters. The first kappa shape index (κ1) is 19.8. The number of ether oxygens (including phenoxy) is 1. The third kappa shape index (κ3) is 4.58. The molecule has 7 heteroatoms. The number of aryl methyl sites for hydroxylation is 1. The van der Waals surface area contributed by atoms with E-state index in [4.69, 9.17) is 4.74 Å². The molecule has 152 valence electrons. The molecule has 0 aliphatic carbocycles. The van der Waals surface area contributed by atoms with Crippen LogP contribution in [0.15, 0.2) is 65.8 Å². The minimum absolute atomic E-state index is 0.115. The van der Waals surface area contributed by atoms with Gasteiger partial charge in [0.05, 0.1) is 11.1 Å².